The lowest BCUT2D eigenvalue weighted by molar-refractivity contribution is 0.0922. The third-order valence-corrected chi connectivity index (χ3v) is 5.22. The van der Waals surface area contributed by atoms with Crippen molar-refractivity contribution in [3.05, 3.63) is 54.0 Å². The van der Waals surface area contributed by atoms with Gasteiger partial charge in [0.15, 0.2) is 15.6 Å². The second kappa shape index (κ2) is 5.96. The Hall–Kier alpha value is -2.08. The van der Waals surface area contributed by atoms with Crippen molar-refractivity contribution in [2.45, 2.75) is 23.5 Å². The molecule has 0 atom stereocenters. The van der Waals surface area contributed by atoms with Gasteiger partial charge in [-0.25, -0.2) is 8.42 Å². The van der Waals surface area contributed by atoms with E-state index in [1.165, 1.54) is 12.1 Å². The van der Waals surface area contributed by atoms with Gasteiger partial charge in [-0.15, -0.1) is 0 Å². The molecule has 1 saturated carbocycles. The van der Waals surface area contributed by atoms with E-state index in [0.29, 0.717) is 12.5 Å². The molecule has 0 saturated heterocycles. The van der Waals surface area contributed by atoms with Gasteiger partial charge in [0.2, 0.25) is 0 Å². The average Bonchev–Trinajstić information content (AvgIpc) is 3.23. The van der Waals surface area contributed by atoms with Gasteiger partial charge in [-0.3, -0.25) is 4.79 Å². The van der Waals surface area contributed by atoms with Gasteiger partial charge < -0.3 is 9.73 Å². The maximum atomic E-state index is 12.2. The first-order valence-electron chi connectivity index (χ1n) is 7.19. The van der Waals surface area contributed by atoms with E-state index in [1.807, 2.05) is 0 Å². The van der Waals surface area contributed by atoms with Crippen molar-refractivity contribution in [1.29, 1.82) is 0 Å². The summed E-state index contributed by atoms with van der Waals surface area (Å²) >= 11 is 0. The van der Waals surface area contributed by atoms with Crippen molar-refractivity contribution in [2.24, 2.45) is 5.92 Å². The molecule has 1 heterocycles. The molecule has 116 valence electrons. The summed E-state index contributed by atoms with van der Waals surface area (Å²) in [6.07, 6.45) is 2.30. The minimum atomic E-state index is -3.47. The lowest BCUT2D eigenvalue weighted by Crippen LogP contribution is -2.25. The fourth-order valence-corrected chi connectivity index (χ4v) is 3.39. The molecule has 1 aromatic heterocycles. The minimum Gasteiger partial charge on any atom is -0.455 e. The largest absolute Gasteiger partial charge is 0.455 e. The molecule has 22 heavy (non-hydrogen) atoms. The Balaban J connectivity index is 1.67. The van der Waals surface area contributed by atoms with Crippen LogP contribution in [0.3, 0.4) is 0 Å². The molecule has 1 fully saturated rings. The van der Waals surface area contributed by atoms with Crippen LogP contribution in [-0.4, -0.2) is 20.9 Å². The van der Waals surface area contributed by atoms with Crippen molar-refractivity contribution in [3.63, 3.8) is 0 Å². The lowest BCUT2D eigenvalue weighted by atomic mass is 10.4. The second-order valence-corrected chi connectivity index (χ2v) is 7.48. The van der Waals surface area contributed by atoms with E-state index in [0.717, 1.165) is 12.8 Å². The predicted molar refractivity (Wildman–Crippen MR) is 81.1 cm³/mol. The molecule has 1 aliphatic carbocycles. The van der Waals surface area contributed by atoms with E-state index < -0.39 is 9.84 Å². The SMILES string of the molecule is O=C(NCC1CC1)c1ccc(CS(=O)(=O)c2ccccc2)o1. The molecule has 1 amide bonds. The molecule has 1 aliphatic rings. The Bertz CT molecular complexity index is 760. The van der Waals surface area contributed by atoms with Crippen LogP contribution < -0.4 is 5.32 Å². The molecule has 0 spiro atoms. The number of benzene rings is 1. The number of rotatable bonds is 6. The highest BCUT2D eigenvalue weighted by Crippen LogP contribution is 2.27. The van der Waals surface area contributed by atoms with Gasteiger partial charge in [0.1, 0.15) is 11.5 Å². The molecule has 0 radical (unpaired) electrons. The van der Waals surface area contributed by atoms with E-state index in [9.17, 15) is 13.2 Å². The number of amides is 1. The molecule has 1 aromatic carbocycles. The van der Waals surface area contributed by atoms with Crippen LogP contribution in [0.5, 0.6) is 0 Å². The molecule has 0 unspecified atom stereocenters. The van der Waals surface area contributed by atoms with Crippen molar-refractivity contribution in [1.82, 2.24) is 5.32 Å². The van der Waals surface area contributed by atoms with Crippen LogP contribution in [0.15, 0.2) is 51.8 Å². The Kier molecular flexibility index (Phi) is 4.02. The summed E-state index contributed by atoms with van der Waals surface area (Å²) in [4.78, 5) is 12.1. The minimum absolute atomic E-state index is 0.152. The molecule has 2 aromatic rings. The molecule has 3 rings (SSSR count). The molecule has 0 aliphatic heterocycles. The third-order valence-electron chi connectivity index (χ3n) is 3.57. The smallest absolute Gasteiger partial charge is 0.287 e. The van der Waals surface area contributed by atoms with Crippen LogP contribution in [0.4, 0.5) is 0 Å². The maximum absolute atomic E-state index is 12.2. The van der Waals surface area contributed by atoms with Gasteiger partial charge in [-0.1, -0.05) is 18.2 Å². The number of carbonyl (C=O) groups excluding carboxylic acids is 1. The van der Waals surface area contributed by atoms with Crippen LogP contribution in [-0.2, 0) is 15.6 Å². The van der Waals surface area contributed by atoms with E-state index in [1.54, 1.807) is 30.3 Å². The maximum Gasteiger partial charge on any atom is 0.287 e. The first-order chi connectivity index (χ1) is 10.5. The van der Waals surface area contributed by atoms with Crippen molar-refractivity contribution >= 4 is 15.7 Å². The van der Waals surface area contributed by atoms with Gasteiger partial charge in [-0.05, 0) is 43.0 Å². The summed E-state index contributed by atoms with van der Waals surface area (Å²) in [5.74, 6) is 0.443. The van der Waals surface area contributed by atoms with Crippen molar-refractivity contribution in [3.8, 4) is 0 Å². The number of hydrogen-bond donors (Lipinski definition) is 1. The van der Waals surface area contributed by atoms with Crippen molar-refractivity contribution in [2.75, 3.05) is 6.54 Å². The normalized spacial score (nSPS) is 14.7. The zero-order valence-electron chi connectivity index (χ0n) is 12.0. The standard InChI is InChI=1S/C16H17NO4S/c18-16(17-10-12-6-7-12)15-9-8-13(21-15)11-22(19,20)14-4-2-1-3-5-14/h1-5,8-9,12H,6-7,10-11H2,(H,17,18). The number of sulfone groups is 1. The quantitative estimate of drug-likeness (QED) is 0.887. The molecule has 0 bridgehead atoms. The molecule has 5 nitrogen and oxygen atoms in total. The molecular weight excluding hydrogens is 302 g/mol. The molecule has 1 N–H and O–H groups in total. The topological polar surface area (TPSA) is 76.4 Å². The Morgan fingerprint density at radius 3 is 2.55 bits per heavy atom. The van der Waals surface area contributed by atoms with Crippen molar-refractivity contribution < 1.29 is 17.6 Å². The predicted octanol–water partition coefficient (Wildman–Crippen LogP) is 2.39. The van der Waals surface area contributed by atoms with Gasteiger partial charge in [-0.2, -0.15) is 0 Å². The van der Waals surface area contributed by atoms with E-state index in [-0.39, 0.29) is 28.1 Å². The first-order valence-corrected chi connectivity index (χ1v) is 8.84. The number of furan rings is 1. The highest BCUT2D eigenvalue weighted by atomic mass is 32.2. The van der Waals surface area contributed by atoms with Crippen LogP contribution in [0.2, 0.25) is 0 Å². The second-order valence-electron chi connectivity index (χ2n) is 5.49. The van der Waals surface area contributed by atoms with Gasteiger partial charge in [0, 0.05) is 6.54 Å². The van der Waals surface area contributed by atoms with E-state index >= 15 is 0 Å². The zero-order valence-corrected chi connectivity index (χ0v) is 12.8. The molecule has 6 heteroatoms. The highest BCUT2D eigenvalue weighted by molar-refractivity contribution is 7.90. The van der Waals surface area contributed by atoms with E-state index in [2.05, 4.69) is 5.32 Å². The summed E-state index contributed by atoms with van der Waals surface area (Å²) in [5, 5.41) is 2.79. The lowest BCUT2D eigenvalue weighted by Gasteiger charge is -2.02. The van der Waals surface area contributed by atoms with Crippen LogP contribution in [0.25, 0.3) is 0 Å². The first kappa shape index (κ1) is 14.8. The zero-order chi connectivity index (χ0) is 15.6. The highest BCUT2D eigenvalue weighted by Gasteiger charge is 2.23. The summed E-state index contributed by atoms with van der Waals surface area (Å²) in [7, 11) is -3.47. The van der Waals surface area contributed by atoms with Crippen LogP contribution in [0.1, 0.15) is 29.2 Å². The fraction of sp³-hybridized carbons (Fsp3) is 0.312. The average molecular weight is 319 g/mol. The summed E-state index contributed by atoms with van der Waals surface area (Å²) in [5.41, 5.74) is 0. The number of carbonyl (C=O) groups is 1. The molecular formula is C16H17NO4S. The van der Waals surface area contributed by atoms with Crippen LogP contribution in [0, 0.1) is 5.92 Å². The third kappa shape index (κ3) is 3.57. The van der Waals surface area contributed by atoms with Gasteiger partial charge in [0.25, 0.3) is 5.91 Å². The Labute approximate surface area is 129 Å². The number of nitrogens with one attached hydrogen (secondary N) is 1. The summed E-state index contributed by atoms with van der Waals surface area (Å²) in [6, 6.07) is 11.2. The Morgan fingerprint density at radius 1 is 1.14 bits per heavy atom. The Morgan fingerprint density at radius 2 is 1.86 bits per heavy atom. The number of hydrogen-bond acceptors (Lipinski definition) is 4. The fourth-order valence-electron chi connectivity index (χ4n) is 2.12. The van der Waals surface area contributed by atoms with Gasteiger partial charge >= 0.3 is 0 Å². The summed E-state index contributed by atoms with van der Waals surface area (Å²) in [6.45, 7) is 0.650. The monoisotopic (exact) mass is 319 g/mol. The van der Waals surface area contributed by atoms with E-state index in [4.69, 9.17) is 4.42 Å². The summed E-state index contributed by atoms with van der Waals surface area (Å²) < 4.78 is 29.9. The van der Waals surface area contributed by atoms with Gasteiger partial charge in [0.05, 0.1) is 4.90 Å². The van der Waals surface area contributed by atoms with Crippen LogP contribution >= 0.6 is 0 Å².